The number of nitrogens with one attached hydrogen (secondary N) is 2. The lowest BCUT2D eigenvalue weighted by molar-refractivity contribution is -0.114. The zero-order valence-electron chi connectivity index (χ0n) is 10.5. The molecule has 0 heterocycles. The van der Waals surface area contributed by atoms with Crippen LogP contribution in [0.3, 0.4) is 0 Å². The minimum atomic E-state index is -0.0323. The van der Waals surface area contributed by atoms with Crippen LogP contribution >= 0.6 is 0 Å². The molecule has 17 heavy (non-hydrogen) atoms. The molecule has 0 saturated heterocycles. The Morgan fingerprint density at radius 3 is 2.35 bits per heavy atom. The molecule has 0 aliphatic heterocycles. The van der Waals surface area contributed by atoms with Gasteiger partial charge < -0.3 is 10.6 Å². The summed E-state index contributed by atoms with van der Waals surface area (Å²) in [5.74, 6) is 0.824. The van der Waals surface area contributed by atoms with Crippen molar-refractivity contribution in [2.45, 2.75) is 39.2 Å². The van der Waals surface area contributed by atoms with Crippen LogP contribution in [-0.2, 0) is 4.79 Å². The second kappa shape index (κ2) is 5.21. The SMILES string of the molecule is CCC(Nc1ccc(NC(C)=O)cc1)C1CC1. The number of benzene rings is 1. The molecule has 1 fully saturated rings. The first kappa shape index (κ1) is 12.0. The summed E-state index contributed by atoms with van der Waals surface area (Å²) < 4.78 is 0. The molecule has 1 aromatic rings. The predicted octanol–water partition coefficient (Wildman–Crippen LogP) is 3.25. The number of anilines is 2. The van der Waals surface area contributed by atoms with Gasteiger partial charge in [-0.1, -0.05) is 6.92 Å². The summed E-state index contributed by atoms with van der Waals surface area (Å²) in [6, 6.07) is 8.51. The van der Waals surface area contributed by atoms with Crippen LogP contribution in [-0.4, -0.2) is 11.9 Å². The van der Waals surface area contributed by atoms with Gasteiger partial charge in [-0.05, 0) is 49.4 Å². The highest BCUT2D eigenvalue weighted by Crippen LogP contribution is 2.35. The zero-order valence-corrected chi connectivity index (χ0v) is 10.5. The molecule has 3 nitrogen and oxygen atoms in total. The molecular formula is C14H20N2O. The van der Waals surface area contributed by atoms with E-state index in [-0.39, 0.29) is 5.91 Å². The second-order valence-electron chi connectivity index (χ2n) is 4.76. The van der Waals surface area contributed by atoms with E-state index in [1.54, 1.807) is 0 Å². The van der Waals surface area contributed by atoms with Crippen LogP contribution in [0.2, 0.25) is 0 Å². The topological polar surface area (TPSA) is 41.1 Å². The number of amides is 1. The third-order valence-electron chi connectivity index (χ3n) is 3.19. The Morgan fingerprint density at radius 1 is 1.29 bits per heavy atom. The van der Waals surface area contributed by atoms with Gasteiger partial charge in [0.1, 0.15) is 0 Å². The van der Waals surface area contributed by atoms with Gasteiger partial charge >= 0.3 is 0 Å². The van der Waals surface area contributed by atoms with Crippen molar-refractivity contribution in [3.63, 3.8) is 0 Å². The van der Waals surface area contributed by atoms with Gasteiger partial charge in [-0.25, -0.2) is 0 Å². The minimum Gasteiger partial charge on any atom is -0.382 e. The lowest BCUT2D eigenvalue weighted by Gasteiger charge is -2.17. The molecular weight excluding hydrogens is 212 g/mol. The van der Waals surface area contributed by atoms with Crippen molar-refractivity contribution in [1.29, 1.82) is 0 Å². The fraction of sp³-hybridized carbons (Fsp3) is 0.500. The first-order chi connectivity index (χ1) is 8.19. The molecule has 0 radical (unpaired) electrons. The van der Waals surface area contributed by atoms with Crippen molar-refractivity contribution in [1.82, 2.24) is 0 Å². The Hall–Kier alpha value is -1.51. The van der Waals surface area contributed by atoms with E-state index in [0.29, 0.717) is 6.04 Å². The monoisotopic (exact) mass is 232 g/mol. The normalized spacial score (nSPS) is 16.4. The predicted molar refractivity (Wildman–Crippen MR) is 71.2 cm³/mol. The van der Waals surface area contributed by atoms with E-state index in [1.807, 2.05) is 24.3 Å². The maximum Gasteiger partial charge on any atom is 0.221 e. The van der Waals surface area contributed by atoms with E-state index in [1.165, 1.54) is 19.8 Å². The van der Waals surface area contributed by atoms with Crippen LogP contribution in [0, 0.1) is 5.92 Å². The van der Waals surface area contributed by atoms with Crippen LogP contribution in [0.25, 0.3) is 0 Å². The summed E-state index contributed by atoms with van der Waals surface area (Å²) in [5.41, 5.74) is 1.99. The third-order valence-corrected chi connectivity index (χ3v) is 3.19. The van der Waals surface area contributed by atoms with E-state index in [4.69, 9.17) is 0 Å². The van der Waals surface area contributed by atoms with E-state index >= 15 is 0 Å². The van der Waals surface area contributed by atoms with E-state index in [9.17, 15) is 4.79 Å². The van der Waals surface area contributed by atoms with Gasteiger partial charge in [0.25, 0.3) is 0 Å². The molecule has 0 bridgehead atoms. The highest BCUT2D eigenvalue weighted by Gasteiger charge is 2.29. The van der Waals surface area contributed by atoms with Crippen molar-refractivity contribution >= 4 is 17.3 Å². The number of hydrogen-bond donors (Lipinski definition) is 2. The van der Waals surface area contributed by atoms with Gasteiger partial charge in [-0.15, -0.1) is 0 Å². The van der Waals surface area contributed by atoms with Crippen LogP contribution < -0.4 is 10.6 Å². The number of rotatable bonds is 5. The summed E-state index contributed by atoms with van der Waals surface area (Å²) in [6.07, 6.45) is 3.88. The summed E-state index contributed by atoms with van der Waals surface area (Å²) in [7, 11) is 0. The average molecular weight is 232 g/mol. The number of carbonyl (C=O) groups excluding carboxylic acids is 1. The fourth-order valence-corrected chi connectivity index (χ4v) is 2.12. The van der Waals surface area contributed by atoms with Crippen molar-refractivity contribution in [2.75, 3.05) is 10.6 Å². The lowest BCUT2D eigenvalue weighted by atomic mass is 10.1. The molecule has 1 saturated carbocycles. The van der Waals surface area contributed by atoms with Gasteiger partial charge in [-0.2, -0.15) is 0 Å². The highest BCUT2D eigenvalue weighted by molar-refractivity contribution is 5.88. The fourth-order valence-electron chi connectivity index (χ4n) is 2.12. The molecule has 2 N–H and O–H groups in total. The van der Waals surface area contributed by atoms with Gasteiger partial charge in [0.2, 0.25) is 5.91 Å². The van der Waals surface area contributed by atoms with Gasteiger partial charge in [0.05, 0.1) is 0 Å². The Morgan fingerprint density at radius 2 is 1.88 bits per heavy atom. The zero-order chi connectivity index (χ0) is 12.3. The second-order valence-corrected chi connectivity index (χ2v) is 4.76. The van der Waals surface area contributed by atoms with Crippen LogP contribution in [0.4, 0.5) is 11.4 Å². The highest BCUT2D eigenvalue weighted by atomic mass is 16.1. The third kappa shape index (κ3) is 3.48. The molecule has 0 spiro atoms. The summed E-state index contributed by atoms with van der Waals surface area (Å²) in [4.78, 5) is 10.9. The minimum absolute atomic E-state index is 0.0323. The standard InChI is InChI=1S/C14H20N2O/c1-3-14(11-4-5-11)16-13-8-6-12(7-9-13)15-10(2)17/h6-9,11,14,16H,3-5H2,1-2H3,(H,15,17). The molecule has 1 aromatic carbocycles. The Kier molecular flexibility index (Phi) is 3.67. The van der Waals surface area contributed by atoms with E-state index in [0.717, 1.165) is 23.7 Å². The maximum atomic E-state index is 10.9. The number of hydrogen-bond acceptors (Lipinski definition) is 2. The van der Waals surface area contributed by atoms with Crippen molar-refractivity contribution in [2.24, 2.45) is 5.92 Å². The maximum absolute atomic E-state index is 10.9. The molecule has 1 unspecified atom stereocenters. The van der Waals surface area contributed by atoms with E-state index < -0.39 is 0 Å². The van der Waals surface area contributed by atoms with Gasteiger partial charge in [0, 0.05) is 24.3 Å². The van der Waals surface area contributed by atoms with Crippen molar-refractivity contribution < 1.29 is 4.79 Å². The van der Waals surface area contributed by atoms with Gasteiger partial charge in [-0.3, -0.25) is 4.79 Å². The summed E-state index contributed by atoms with van der Waals surface area (Å²) >= 11 is 0. The lowest BCUT2D eigenvalue weighted by Crippen LogP contribution is -2.20. The Labute approximate surface area is 103 Å². The summed E-state index contributed by atoms with van der Waals surface area (Å²) in [5, 5.41) is 6.33. The first-order valence-corrected chi connectivity index (χ1v) is 6.33. The van der Waals surface area contributed by atoms with E-state index in [2.05, 4.69) is 17.6 Å². The first-order valence-electron chi connectivity index (χ1n) is 6.33. The molecule has 1 amide bonds. The molecule has 3 heteroatoms. The quantitative estimate of drug-likeness (QED) is 0.818. The van der Waals surface area contributed by atoms with Crippen molar-refractivity contribution in [3.05, 3.63) is 24.3 Å². The van der Waals surface area contributed by atoms with Crippen LogP contribution in [0.15, 0.2) is 24.3 Å². The molecule has 0 aromatic heterocycles. The molecule has 1 aliphatic rings. The molecule has 92 valence electrons. The van der Waals surface area contributed by atoms with Crippen molar-refractivity contribution in [3.8, 4) is 0 Å². The molecule has 1 atom stereocenters. The van der Waals surface area contributed by atoms with Gasteiger partial charge in [0.15, 0.2) is 0 Å². The Balaban J connectivity index is 1.94. The molecule has 2 rings (SSSR count). The Bertz CT molecular complexity index is 382. The molecule has 1 aliphatic carbocycles. The average Bonchev–Trinajstić information content (AvgIpc) is 3.11. The summed E-state index contributed by atoms with van der Waals surface area (Å²) in [6.45, 7) is 3.74. The number of carbonyl (C=O) groups is 1. The smallest absolute Gasteiger partial charge is 0.221 e. The van der Waals surface area contributed by atoms with Crippen LogP contribution in [0.5, 0.6) is 0 Å². The largest absolute Gasteiger partial charge is 0.382 e. The van der Waals surface area contributed by atoms with Crippen LogP contribution in [0.1, 0.15) is 33.1 Å².